The van der Waals surface area contributed by atoms with Gasteiger partial charge < -0.3 is 10.1 Å². The highest BCUT2D eigenvalue weighted by atomic mass is 35.5. The molecule has 2 aliphatic rings. The first-order valence-electron chi connectivity index (χ1n) is 8.64. The fourth-order valence-electron chi connectivity index (χ4n) is 3.48. The number of benzene rings is 2. The van der Waals surface area contributed by atoms with Crippen LogP contribution in [-0.2, 0) is 14.3 Å². The first-order chi connectivity index (χ1) is 13.0. The normalized spacial score (nSPS) is 21.2. The van der Waals surface area contributed by atoms with Gasteiger partial charge in [-0.2, -0.15) is 0 Å². The van der Waals surface area contributed by atoms with Gasteiger partial charge in [-0.05, 0) is 37.1 Å². The highest BCUT2D eigenvalue weighted by Gasteiger charge is 2.46. The summed E-state index contributed by atoms with van der Waals surface area (Å²) in [6.45, 7) is 1.87. The Labute approximate surface area is 161 Å². The van der Waals surface area contributed by atoms with Crippen molar-refractivity contribution in [3.8, 4) is 0 Å². The third kappa shape index (κ3) is 3.06. The van der Waals surface area contributed by atoms with Crippen LogP contribution in [0.4, 0.5) is 5.69 Å². The molecule has 2 aromatic rings. The van der Waals surface area contributed by atoms with E-state index in [9.17, 15) is 14.4 Å². The van der Waals surface area contributed by atoms with Crippen LogP contribution in [-0.4, -0.2) is 28.7 Å². The number of amides is 2. The smallest absolute Gasteiger partial charge is 0.340 e. The second-order valence-electron chi connectivity index (χ2n) is 6.65. The maximum absolute atomic E-state index is 12.8. The van der Waals surface area contributed by atoms with Crippen LogP contribution in [0.2, 0.25) is 5.02 Å². The number of carbonyl (C=O) groups excluding carboxylic acids is 3. The van der Waals surface area contributed by atoms with Crippen LogP contribution in [0.5, 0.6) is 0 Å². The number of ether oxygens (including phenoxy) is 1. The molecule has 0 bridgehead atoms. The molecule has 1 N–H and O–H groups in total. The molecule has 1 saturated heterocycles. The van der Waals surface area contributed by atoms with Crippen molar-refractivity contribution >= 4 is 35.1 Å². The summed E-state index contributed by atoms with van der Waals surface area (Å²) in [4.78, 5) is 38.8. The third-order valence-corrected chi connectivity index (χ3v) is 5.32. The molecule has 0 radical (unpaired) electrons. The number of esters is 1. The Hall–Kier alpha value is -2.86. The predicted octanol–water partition coefficient (Wildman–Crippen LogP) is 3.45. The zero-order valence-electron chi connectivity index (χ0n) is 14.6. The molecule has 0 aliphatic carbocycles. The first-order valence-corrected chi connectivity index (χ1v) is 9.01. The maximum Gasteiger partial charge on any atom is 0.340 e. The van der Waals surface area contributed by atoms with Gasteiger partial charge in [0.1, 0.15) is 6.04 Å². The SMILES string of the molecule is Cc1ccc(NC(=O)[C@H]2CCC(=O)N2[C@H]2OC(=O)c3ccccc32)cc1Cl. The summed E-state index contributed by atoms with van der Waals surface area (Å²) in [6.07, 6.45) is -0.287. The summed E-state index contributed by atoms with van der Waals surface area (Å²) < 4.78 is 5.42. The van der Waals surface area contributed by atoms with Crippen LogP contribution in [0.3, 0.4) is 0 Å². The van der Waals surface area contributed by atoms with Gasteiger partial charge >= 0.3 is 5.97 Å². The molecule has 27 heavy (non-hydrogen) atoms. The second-order valence-corrected chi connectivity index (χ2v) is 7.06. The Kier molecular flexibility index (Phi) is 4.36. The molecule has 2 amide bonds. The van der Waals surface area contributed by atoms with Crippen molar-refractivity contribution in [3.05, 3.63) is 64.2 Å². The standard InChI is InChI=1S/C20H17ClN2O4/c1-11-6-7-12(10-15(11)21)22-18(25)16-8-9-17(24)23(16)19-13-4-2-3-5-14(13)20(26)27-19/h2-7,10,16,19H,8-9H2,1H3,(H,22,25)/t16-,19+/m1/s1. The molecule has 0 aromatic heterocycles. The van der Waals surface area contributed by atoms with Crippen LogP contribution in [0.1, 0.15) is 40.6 Å². The first kappa shape index (κ1) is 17.5. The van der Waals surface area contributed by atoms with Crippen molar-refractivity contribution in [2.75, 3.05) is 5.32 Å². The minimum atomic E-state index is -0.874. The Bertz CT molecular complexity index is 959. The number of fused-ring (bicyclic) bond motifs is 1. The lowest BCUT2D eigenvalue weighted by atomic mass is 10.1. The predicted molar refractivity (Wildman–Crippen MR) is 99.3 cm³/mol. The van der Waals surface area contributed by atoms with E-state index in [4.69, 9.17) is 16.3 Å². The average Bonchev–Trinajstić information content (AvgIpc) is 3.19. The fourth-order valence-corrected chi connectivity index (χ4v) is 3.66. The molecule has 1 fully saturated rings. The summed E-state index contributed by atoms with van der Waals surface area (Å²) >= 11 is 6.11. The molecule has 2 aliphatic heterocycles. The van der Waals surface area contributed by atoms with E-state index in [1.54, 1.807) is 36.4 Å². The van der Waals surface area contributed by atoms with Crippen molar-refractivity contribution in [1.82, 2.24) is 4.90 Å². The van der Waals surface area contributed by atoms with E-state index >= 15 is 0 Å². The summed E-state index contributed by atoms with van der Waals surface area (Å²) in [5.74, 6) is -1.03. The van der Waals surface area contributed by atoms with Crippen molar-refractivity contribution in [3.63, 3.8) is 0 Å². The van der Waals surface area contributed by atoms with Crippen LogP contribution < -0.4 is 5.32 Å². The van der Waals surface area contributed by atoms with Crippen molar-refractivity contribution in [2.24, 2.45) is 0 Å². The number of anilines is 1. The van der Waals surface area contributed by atoms with Gasteiger partial charge in [0.25, 0.3) is 0 Å². The molecule has 2 atom stereocenters. The zero-order chi connectivity index (χ0) is 19.1. The highest BCUT2D eigenvalue weighted by Crippen LogP contribution is 2.38. The number of hydrogen-bond acceptors (Lipinski definition) is 4. The monoisotopic (exact) mass is 384 g/mol. The number of aryl methyl sites for hydroxylation is 1. The molecule has 0 unspecified atom stereocenters. The van der Waals surface area contributed by atoms with E-state index in [-0.39, 0.29) is 18.2 Å². The van der Waals surface area contributed by atoms with E-state index in [0.29, 0.717) is 28.3 Å². The van der Waals surface area contributed by atoms with E-state index in [0.717, 1.165) is 5.56 Å². The summed E-state index contributed by atoms with van der Waals surface area (Å²) in [5, 5.41) is 3.35. The van der Waals surface area contributed by atoms with Crippen LogP contribution >= 0.6 is 11.6 Å². The Morgan fingerprint density at radius 2 is 2.00 bits per heavy atom. The number of cyclic esters (lactones) is 1. The molecule has 6 nitrogen and oxygen atoms in total. The number of likely N-dealkylation sites (tertiary alicyclic amines) is 1. The van der Waals surface area contributed by atoms with Crippen molar-refractivity contribution in [2.45, 2.75) is 32.0 Å². The van der Waals surface area contributed by atoms with E-state index in [1.807, 2.05) is 13.0 Å². The minimum Gasteiger partial charge on any atom is -0.433 e. The molecule has 2 aromatic carbocycles. The number of halogens is 1. The van der Waals surface area contributed by atoms with Gasteiger partial charge in [-0.15, -0.1) is 0 Å². The molecule has 7 heteroatoms. The van der Waals surface area contributed by atoms with Gasteiger partial charge in [-0.3, -0.25) is 14.5 Å². The van der Waals surface area contributed by atoms with Gasteiger partial charge in [0, 0.05) is 22.7 Å². The molecule has 0 saturated carbocycles. The molecule has 2 heterocycles. The summed E-state index contributed by atoms with van der Waals surface area (Å²) in [7, 11) is 0. The second kappa shape index (κ2) is 6.70. The van der Waals surface area contributed by atoms with Crippen molar-refractivity contribution in [1.29, 1.82) is 0 Å². The Balaban J connectivity index is 1.59. The zero-order valence-corrected chi connectivity index (χ0v) is 15.3. The quantitative estimate of drug-likeness (QED) is 0.822. The molecule has 4 rings (SSSR count). The van der Waals surface area contributed by atoms with Gasteiger partial charge in [-0.1, -0.05) is 35.9 Å². The maximum atomic E-state index is 12.8. The number of nitrogens with one attached hydrogen (secondary N) is 1. The van der Waals surface area contributed by atoms with Crippen LogP contribution in [0.25, 0.3) is 0 Å². The average molecular weight is 385 g/mol. The fraction of sp³-hybridized carbons (Fsp3) is 0.250. The molecule has 0 spiro atoms. The number of hydrogen-bond donors (Lipinski definition) is 1. The number of nitrogens with zero attached hydrogens (tertiary/aromatic N) is 1. The minimum absolute atomic E-state index is 0.216. The van der Waals surface area contributed by atoms with Gasteiger partial charge in [0.15, 0.2) is 0 Å². The van der Waals surface area contributed by atoms with Gasteiger partial charge in [0.2, 0.25) is 18.0 Å². The van der Waals surface area contributed by atoms with E-state index < -0.39 is 18.2 Å². The highest BCUT2D eigenvalue weighted by molar-refractivity contribution is 6.31. The number of rotatable bonds is 3. The third-order valence-electron chi connectivity index (χ3n) is 4.92. The molecular formula is C20H17ClN2O4. The van der Waals surface area contributed by atoms with Gasteiger partial charge in [-0.25, -0.2) is 4.79 Å². The van der Waals surface area contributed by atoms with E-state index in [2.05, 4.69) is 5.32 Å². The number of carbonyl (C=O) groups is 3. The van der Waals surface area contributed by atoms with E-state index in [1.165, 1.54) is 4.90 Å². The lowest BCUT2D eigenvalue weighted by molar-refractivity contribution is -0.144. The summed E-state index contributed by atoms with van der Waals surface area (Å²) in [6, 6.07) is 11.4. The van der Waals surface area contributed by atoms with Crippen molar-refractivity contribution < 1.29 is 19.1 Å². The summed E-state index contributed by atoms with van der Waals surface area (Å²) in [5.41, 5.74) is 2.49. The van der Waals surface area contributed by atoms with Crippen LogP contribution in [0, 0.1) is 6.92 Å². The largest absolute Gasteiger partial charge is 0.433 e. The van der Waals surface area contributed by atoms with Gasteiger partial charge in [0.05, 0.1) is 5.56 Å². The topological polar surface area (TPSA) is 75.7 Å². The lowest BCUT2D eigenvalue weighted by Gasteiger charge is -2.29. The Morgan fingerprint density at radius 1 is 1.22 bits per heavy atom. The lowest BCUT2D eigenvalue weighted by Crippen LogP contribution is -2.43. The molecule has 138 valence electrons. The Morgan fingerprint density at radius 3 is 2.78 bits per heavy atom. The van der Waals surface area contributed by atoms with Crippen LogP contribution in [0.15, 0.2) is 42.5 Å². The molecular weight excluding hydrogens is 368 g/mol.